The Morgan fingerprint density at radius 1 is 1.29 bits per heavy atom. The molecule has 1 aromatic carbocycles. The number of aromatic carboxylic acids is 1. The third-order valence-corrected chi connectivity index (χ3v) is 3.21. The van der Waals surface area contributed by atoms with Crippen LogP contribution in [0.4, 0.5) is 4.39 Å². The lowest BCUT2D eigenvalue weighted by Crippen LogP contribution is -2.00. The number of hydrogen-bond acceptors (Lipinski definition) is 4. The van der Waals surface area contributed by atoms with E-state index in [1.54, 1.807) is 7.05 Å². The Hall–Kier alpha value is -2.57. The zero-order chi connectivity index (χ0) is 15.0. The van der Waals surface area contributed by atoms with E-state index >= 15 is 0 Å². The van der Waals surface area contributed by atoms with E-state index in [1.165, 1.54) is 22.9 Å². The van der Waals surface area contributed by atoms with Crippen LogP contribution in [-0.2, 0) is 7.05 Å². The number of aryl methyl sites for hydroxylation is 1. The Labute approximate surface area is 119 Å². The average molecular weight is 292 g/mol. The van der Waals surface area contributed by atoms with Crippen molar-refractivity contribution in [3.05, 3.63) is 29.7 Å². The Balaban J connectivity index is 2.10. The SMILES string of the molecule is Cn1nc(C(=O)O)cc1-c1cc2c(cc1F)OCCCO2. The molecule has 1 aromatic heterocycles. The van der Waals surface area contributed by atoms with Gasteiger partial charge in [-0.05, 0) is 12.1 Å². The zero-order valence-corrected chi connectivity index (χ0v) is 11.3. The molecule has 2 heterocycles. The van der Waals surface area contributed by atoms with E-state index in [1.807, 2.05) is 0 Å². The van der Waals surface area contributed by atoms with Crippen LogP contribution in [0.1, 0.15) is 16.9 Å². The molecule has 2 aromatic rings. The van der Waals surface area contributed by atoms with E-state index in [-0.39, 0.29) is 11.3 Å². The van der Waals surface area contributed by atoms with Gasteiger partial charge in [-0.1, -0.05) is 0 Å². The minimum atomic E-state index is -1.16. The maximum atomic E-state index is 14.3. The quantitative estimate of drug-likeness (QED) is 0.917. The summed E-state index contributed by atoms with van der Waals surface area (Å²) in [5.74, 6) is -0.873. The highest BCUT2D eigenvalue weighted by atomic mass is 19.1. The van der Waals surface area contributed by atoms with Crippen LogP contribution in [0, 0.1) is 5.82 Å². The van der Waals surface area contributed by atoms with Gasteiger partial charge in [-0.25, -0.2) is 9.18 Å². The van der Waals surface area contributed by atoms with Crippen molar-refractivity contribution in [1.29, 1.82) is 0 Å². The van der Waals surface area contributed by atoms with Crippen molar-refractivity contribution in [2.24, 2.45) is 7.05 Å². The lowest BCUT2D eigenvalue weighted by molar-refractivity contribution is 0.0689. The van der Waals surface area contributed by atoms with Crippen molar-refractivity contribution in [1.82, 2.24) is 9.78 Å². The molecule has 1 aliphatic rings. The summed E-state index contributed by atoms with van der Waals surface area (Å²) in [4.78, 5) is 10.9. The van der Waals surface area contributed by atoms with Gasteiger partial charge in [0.15, 0.2) is 17.2 Å². The first-order valence-electron chi connectivity index (χ1n) is 6.43. The number of carbonyl (C=O) groups is 1. The molecule has 0 aliphatic carbocycles. The summed E-state index contributed by atoms with van der Waals surface area (Å²) in [6, 6.07) is 4.09. The Morgan fingerprint density at radius 3 is 2.57 bits per heavy atom. The number of rotatable bonds is 2. The summed E-state index contributed by atoms with van der Waals surface area (Å²) in [6.45, 7) is 0.963. The number of aromatic nitrogens is 2. The molecule has 0 amide bonds. The predicted octanol–water partition coefficient (Wildman–Crippen LogP) is 2.09. The molecule has 1 aliphatic heterocycles. The number of carboxylic acid groups (broad SMARTS) is 1. The second kappa shape index (κ2) is 5.08. The van der Waals surface area contributed by atoms with Crippen molar-refractivity contribution in [3.8, 4) is 22.8 Å². The highest BCUT2D eigenvalue weighted by molar-refractivity contribution is 5.87. The average Bonchev–Trinajstić information content (AvgIpc) is 2.68. The number of ether oxygens (including phenoxy) is 2. The maximum Gasteiger partial charge on any atom is 0.356 e. The van der Waals surface area contributed by atoms with Gasteiger partial charge in [0, 0.05) is 25.1 Å². The second-order valence-corrected chi connectivity index (χ2v) is 4.67. The zero-order valence-electron chi connectivity index (χ0n) is 11.3. The fraction of sp³-hybridized carbons (Fsp3) is 0.286. The molecule has 1 N–H and O–H groups in total. The second-order valence-electron chi connectivity index (χ2n) is 4.67. The molecule has 7 heteroatoms. The first-order valence-corrected chi connectivity index (χ1v) is 6.43. The molecule has 0 atom stereocenters. The summed E-state index contributed by atoms with van der Waals surface area (Å²) in [5, 5.41) is 12.8. The lowest BCUT2D eigenvalue weighted by atomic mass is 10.1. The van der Waals surface area contributed by atoms with Crippen LogP contribution in [0.3, 0.4) is 0 Å². The molecule has 0 unspecified atom stereocenters. The number of benzene rings is 1. The molecule has 0 fully saturated rings. The minimum Gasteiger partial charge on any atom is -0.490 e. The Morgan fingerprint density at radius 2 is 1.95 bits per heavy atom. The highest BCUT2D eigenvalue weighted by Crippen LogP contribution is 2.36. The van der Waals surface area contributed by atoms with Gasteiger partial charge in [-0.15, -0.1) is 0 Å². The fourth-order valence-electron chi connectivity index (χ4n) is 2.20. The molecule has 3 rings (SSSR count). The monoisotopic (exact) mass is 292 g/mol. The summed E-state index contributed by atoms with van der Waals surface area (Å²) in [6.07, 6.45) is 0.723. The van der Waals surface area contributed by atoms with Crippen molar-refractivity contribution in [3.63, 3.8) is 0 Å². The third-order valence-electron chi connectivity index (χ3n) is 3.21. The molecular weight excluding hydrogens is 279 g/mol. The third kappa shape index (κ3) is 2.42. The van der Waals surface area contributed by atoms with Gasteiger partial charge in [0.1, 0.15) is 5.82 Å². The predicted molar refractivity (Wildman–Crippen MR) is 71.2 cm³/mol. The van der Waals surface area contributed by atoms with Crippen LogP contribution in [-0.4, -0.2) is 34.1 Å². The minimum absolute atomic E-state index is 0.140. The molecule has 110 valence electrons. The van der Waals surface area contributed by atoms with Crippen molar-refractivity contribution in [2.45, 2.75) is 6.42 Å². The van der Waals surface area contributed by atoms with E-state index in [2.05, 4.69) is 5.10 Å². The van der Waals surface area contributed by atoms with Crippen molar-refractivity contribution >= 4 is 5.97 Å². The van der Waals surface area contributed by atoms with E-state index in [4.69, 9.17) is 14.6 Å². The number of carboxylic acids is 1. The van der Waals surface area contributed by atoms with Gasteiger partial charge >= 0.3 is 5.97 Å². The van der Waals surface area contributed by atoms with E-state index in [9.17, 15) is 9.18 Å². The lowest BCUT2D eigenvalue weighted by Gasteiger charge is -2.10. The van der Waals surface area contributed by atoms with Crippen LogP contribution in [0.15, 0.2) is 18.2 Å². The first kappa shape index (κ1) is 13.4. The number of hydrogen-bond donors (Lipinski definition) is 1. The van der Waals surface area contributed by atoms with Crippen LogP contribution in [0.25, 0.3) is 11.3 Å². The van der Waals surface area contributed by atoms with Gasteiger partial charge in [-0.3, -0.25) is 4.68 Å². The molecule has 0 bridgehead atoms. The Bertz CT molecular complexity index is 711. The van der Waals surface area contributed by atoms with Gasteiger partial charge in [0.2, 0.25) is 0 Å². The molecule has 0 radical (unpaired) electrons. The van der Waals surface area contributed by atoms with Gasteiger partial charge in [-0.2, -0.15) is 5.10 Å². The van der Waals surface area contributed by atoms with E-state index in [0.29, 0.717) is 30.4 Å². The number of nitrogens with zero attached hydrogens (tertiary/aromatic N) is 2. The van der Waals surface area contributed by atoms with Crippen LogP contribution in [0.5, 0.6) is 11.5 Å². The van der Waals surface area contributed by atoms with Crippen molar-refractivity contribution < 1.29 is 23.8 Å². The number of halogens is 1. The Kier molecular flexibility index (Phi) is 3.25. The molecule has 0 saturated heterocycles. The standard InChI is InChI=1S/C14H13FN2O4/c1-17-11(7-10(16-17)14(18)19)8-5-12-13(6-9(8)15)21-4-2-3-20-12/h5-7H,2-4H2,1H3,(H,18,19). The summed E-state index contributed by atoms with van der Waals surface area (Å²) >= 11 is 0. The molecule has 6 nitrogen and oxygen atoms in total. The van der Waals surface area contributed by atoms with Gasteiger partial charge in [0.05, 0.1) is 18.9 Å². The van der Waals surface area contributed by atoms with Gasteiger partial charge < -0.3 is 14.6 Å². The fourth-order valence-corrected chi connectivity index (χ4v) is 2.20. The first-order chi connectivity index (χ1) is 10.1. The number of fused-ring (bicyclic) bond motifs is 1. The van der Waals surface area contributed by atoms with Crippen molar-refractivity contribution in [2.75, 3.05) is 13.2 Å². The van der Waals surface area contributed by atoms with Crippen LogP contribution in [0.2, 0.25) is 0 Å². The van der Waals surface area contributed by atoms with Crippen LogP contribution < -0.4 is 9.47 Å². The summed E-state index contributed by atoms with van der Waals surface area (Å²) < 4.78 is 26.5. The summed E-state index contributed by atoms with van der Waals surface area (Å²) in [5.41, 5.74) is 0.446. The van der Waals surface area contributed by atoms with E-state index in [0.717, 1.165) is 6.42 Å². The highest BCUT2D eigenvalue weighted by Gasteiger charge is 2.20. The summed E-state index contributed by atoms with van der Waals surface area (Å²) in [7, 11) is 1.56. The van der Waals surface area contributed by atoms with Gasteiger partial charge in [0.25, 0.3) is 0 Å². The topological polar surface area (TPSA) is 73.6 Å². The maximum absolute atomic E-state index is 14.3. The molecule has 21 heavy (non-hydrogen) atoms. The molecule has 0 saturated carbocycles. The molecular formula is C14H13FN2O4. The normalized spacial score (nSPS) is 13.8. The smallest absolute Gasteiger partial charge is 0.356 e. The van der Waals surface area contributed by atoms with E-state index < -0.39 is 11.8 Å². The molecule has 0 spiro atoms. The largest absolute Gasteiger partial charge is 0.490 e. The van der Waals surface area contributed by atoms with Crippen LogP contribution >= 0.6 is 0 Å².